The van der Waals surface area contributed by atoms with Crippen LogP contribution in [0.15, 0.2) is 42.5 Å². The zero-order valence-corrected chi connectivity index (χ0v) is 14.8. The summed E-state index contributed by atoms with van der Waals surface area (Å²) in [5, 5.41) is 3.38. The lowest BCUT2D eigenvalue weighted by atomic mass is 10.2. The van der Waals surface area contributed by atoms with Gasteiger partial charge in [-0.3, -0.25) is 9.59 Å². The molecule has 0 atom stereocenters. The fraction of sp³-hybridized carbons (Fsp3) is 0.222. The van der Waals surface area contributed by atoms with Gasteiger partial charge in [-0.15, -0.1) is 0 Å². The number of fused-ring (bicyclic) bond motifs is 1. The second-order valence-corrected chi connectivity index (χ2v) is 6.41. The van der Waals surface area contributed by atoms with Crippen LogP contribution >= 0.6 is 23.2 Å². The maximum Gasteiger partial charge on any atom is 0.258 e. The summed E-state index contributed by atoms with van der Waals surface area (Å²) in [6, 6.07) is 12.5. The standard InChI is InChI=1S/C18H16Cl2N2O3/c19-13-5-6-16(14(20)9-13)25-11-17(23)21-10-18(24)22-8-7-12-3-1-2-4-15(12)22/h1-6,9H,7-8,10-11H2,(H,21,23). The molecule has 1 aliphatic rings. The molecule has 0 saturated heterocycles. The van der Waals surface area contributed by atoms with Gasteiger partial charge in [-0.05, 0) is 36.2 Å². The minimum absolute atomic E-state index is 0.0785. The van der Waals surface area contributed by atoms with Gasteiger partial charge in [-0.1, -0.05) is 41.4 Å². The van der Waals surface area contributed by atoms with E-state index in [-0.39, 0.29) is 19.1 Å². The summed E-state index contributed by atoms with van der Waals surface area (Å²) in [6.07, 6.45) is 0.827. The smallest absolute Gasteiger partial charge is 0.258 e. The predicted octanol–water partition coefficient (Wildman–Crippen LogP) is 3.08. The number of para-hydroxylation sites is 1. The van der Waals surface area contributed by atoms with Gasteiger partial charge in [0.15, 0.2) is 6.61 Å². The summed E-state index contributed by atoms with van der Waals surface area (Å²) in [7, 11) is 0. The third-order valence-electron chi connectivity index (χ3n) is 3.88. The molecule has 3 rings (SSSR count). The molecule has 25 heavy (non-hydrogen) atoms. The molecule has 1 aliphatic heterocycles. The van der Waals surface area contributed by atoms with Crippen LogP contribution in [0.4, 0.5) is 5.69 Å². The lowest BCUT2D eigenvalue weighted by molar-refractivity contribution is -0.126. The zero-order valence-electron chi connectivity index (χ0n) is 13.3. The number of rotatable bonds is 5. The van der Waals surface area contributed by atoms with E-state index in [1.807, 2.05) is 24.3 Å². The van der Waals surface area contributed by atoms with Crippen LogP contribution in [0, 0.1) is 0 Å². The van der Waals surface area contributed by atoms with Crippen molar-refractivity contribution in [1.82, 2.24) is 5.32 Å². The molecule has 0 fully saturated rings. The fourth-order valence-corrected chi connectivity index (χ4v) is 3.12. The average Bonchev–Trinajstić information content (AvgIpc) is 3.03. The number of ether oxygens (including phenoxy) is 1. The Morgan fingerprint density at radius 1 is 1.16 bits per heavy atom. The molecule has 2 aromatic rings. The van der Waals surface area contributed by atoms with Gasteiger partial charge in [0.25, 0.3) is 5.91 Å². The molecule has 1 N–H and O–H groups in total. The Balaban J connectivity index is 1.48. The van der Waals surface area contributed by atoms with E-state index in [1.165, 1.54) is 6.07 Å². The molecule has 0 spiro atoms. The SMILES string of the molecule is O=C(COc1ccc(Cl)cc1Cl)NCC(=O)N1CCc2ccccc21. The highest BCUT2D eigenvalue weighted by atomic mass is 35.5. The number of nitrogens with one attached hydrogen (secondary N) is 1. The van der Waals surface area contributed by atoms with Gasteiger partial charge in [0.05, 0.1) is 11.6 Å². The Hall–Kier alpha value is -2.24. The monoisotopic (exact) mass is 378 g/mol. The van der Waals surface area contributed by atoms with E-state index in [0.717, 1.165) is 17.7 Å². The van der Waals surface area contributed by atoms with Crippen molar-refractivity contribution < 1.29 is 14.3 Å². The van der Waals surface area contributed by atoms with Gasteiger partial charge in [0.1, 0.15) is 5.75 Å². The minimum atomic E-state index is -0.396. The number of benzene rings is 2. The lowest BCUT2D eigenvalue weighted by Gasteiger charge is -2.17. The Morgan fingerprint density at radius 3 is 2.76 bits per heavy atom. The Labute approximate surface area is 155 Å². The lowest BCUT2D eigenvalue weighted by Crippen LogP contribution is -2.40. The highest BCUT2D eigenvalue weighted by molar-refractivity contribution is 6.35. The number of carbonyl (C=O) groups excluding carboxylic acids is 2. The van der Waals surface area contributed by atoms with Crippen LogP contribution in [0.5, 0.6) is 5.75 Å². The Morgan fingerprint density at radius 2 is 1.96 bits per heavy atom. The van der Waals surface area contributed by atoms with Crippen molar-refractivity contribution in [3.63, 3.8) is 0 Å². The third kappa shape index (κ3) is 4.24. The molecule has 0 aliphatic carbocycles. The molecular formula is C18H16Cl2N2O3. The number of hydrogen-bond donors (Lipinski definition) is 1. The highest BCUT2D eigenvalue weighted by Gasteiger charge is 2.24. The number of nitrogens with zero attached hydrogens (tertiary/aromatic N) is 1. The maximum absolute atomic E-state index is 12.3. The van der Waals surface area contributed by atoms with E-state index in [9.17, 15) is 9.59 Å². The first-order chi connectivity index (χ1) is 12.0. The van der Waals surface area contributed by atoms with Crippen LogP contribution in [0.25, 0.3) is 0 Å². The van der Waals surface area contributed by atoms with E-state index in [4.69, 9.17) is 27.9 Å². The number of carbonyl (C=O) groups is 2. The van der Waals surface area contributed by atoms with Crippen molar-refractivity contribution in [2.24, 2.45) is 0 Å². The van der Waals surface area contributed by atoms with Crippen molar-refractivity contribution in [3.8, 4) is 5.75 Å². The van der Waals surface area contributed by atoms with Crippen LogP contribution in [0.3, 0.4) is 0 Å². The average molecular weight is 379 g/mol. The Kier molecular flexibility index (Phi) is 5.46. The second-order valence-electron chi connectivity index (χ2n) is 5.56. The van der Waals surface area contributed by atoms with Crippen molar-refractivity contribution in [2.75, 3.05) is 24.6 Å². The number of anilines is 1. The van der Waals surface area contributed by atoms with Gasteiger partial charge in [-0.2, -0.15) is 0 Å². The summed E-state index contributed by atoms with van der Waals surface area (Å²) >= 11 is 11.8. The van der Waals surface area contributed by atoms with Gasteiger partial charge < -0.3 is 15.0 Å². The van der Waals surface area contributed by atoms with Crippen molar-refractivity contribution >= 4 is 40.7 Å². The first kappa shape index (κ1) is 17.6. The zero-order chi connectivity index (χ0) is 17.8. The summed E-state index contributed by atoms with van der Waals surface area (Å²) in [4.78, 5) is 25.9. The van der Waals surface area contributed by atoms with E-state index < -0.39 is 5.91 Å². The van der Waals surface area contributed by atoms with Crippen molar-refractivity contribution in [3.05, 3.63) is 58.1 Å². The minimum Gasteiger partial charge on any atom is -0.482 e. The number of halogens is 2. The summed E-state index contributed by atoms with van der Waals surface area (Å²) in [6.45, 7) is 0.320. The van der Waals surface area contributed by atoms with Crippen LogP contribution in [0.2, 0.25) is 10.0 Å². The third-order valence-corrected chi connectivity index (χ3v) is 4.41. The molecule has 2 amide bonds. The molecule has 7 heteroatoms. The molecule has 5 nitrogen and oxygen atoms in total. The van der Waals surface area contributed by atoms with Crippen LogP contribution < -0.4 is 15.0 Å². The quantitative estimate of drug-likeness (QED) is 0.869. The van der Waals surface area contributed by atoms with Gasteiger partial charge >= 0.3 is 0 Å². The molecule has 0 radical (unpaired) electrons. The highest BCUT2D eigenvalue weighted by Crippen LogP contribution is 2.28. The normalized spacial score (nSPS) is 12.6. The topological polar surface area (TPSA) is 58.6 Å². The number of hydrogen-bond acceptors (Lipinski definition) is 3. The van der Waals surface area contributed by atoms with Crippen LogP contribution in [-0.4, -0.2) is 31.5 Å². The summed E-state index contributed by atoms with van der Waals surface area (Å²) in [5.74, 6) is -0.185. The largest absolute Gasteiger partial charge is 0.482 e. The van der Waals surface area contributed by atoms with Crippen molar-refractivity contribution in [2.45, 2.75) is 6.42 Å². The first-order valence-corrected chi connectivity index (χ1v) is 8.53. The van der Waals surface area contributed by atoms with Crippen LogP contribution in [-0.2, 0) is 16.0 Å². The molecule has 1 heterocycles. The molecule has 130 valence electrons. The molecule has 0 aromatic heterocycles. The fourth-order valence-electron chi connectivity index (χ4n) is 2.65. The molecule has 0 bridgehead atoms. The summed E-state index contributed by atoms with van der Waals surface area (Å²) < 4.78 is 5.34. The van der Waals surface area contributed by atoms with E-state index in [0.29, 0.717) is 22.3 Å². The number of amides is 2. The van der Waals surface area contributed by atoms with Gasteiger partial charge in [0, 0.05) is 17.3 Å². The van der Waals surface area contributed by atoms with Gasteiger partial charge in [0.2, 0.25) is 5.91 Å². The van der Waals surface area contributed by atoms with E-state index >= 15 is 0 Å². The molecule has 0 unspecified atom stereocenters. The molecule has 0 saturated carbocycles. The predicted molar refractivity (Wildman–Crippen MR) is 97.5 cm³/mol. The maximum atomic E-state index is 12.3. The van der Waals surface area contributed by atoms with E-state index in [1.54, 1.807) is 17.0 Å². The molecular weight excluding hydrogens is 363 g/mol. The first-order valence-electron chi connectivity index (χ1n) is 7.77. The molecule has 2 aromatic carbocycles. The van der Waals surface area contributed by atoms with Crippen molar-refractivity contribution in [1.29, 1.82) is 0 Å². The summed E-state index contributed by atoms with van der Waals surface area (Å²) in [5.41, 5.74) is 2.05. The second kappa shape index (κ2) is 7.76. The Bertz CT molecular complexity index is 811. The van der Waals surface area contributed by atoms with E-state index in [2.05, 4.69) is 5.32 Å². The van der Waals surface area contributed by atoms with Crippen LogP contribution in [0.1, 0.15) is 5.56 Å². The van der Waals surface area contributed by atoms with Gasteiger partial charge in [-0.25, -0.2) is 0 Å².